The van der Waals surface area contributed by atoms with E-state index < -0.39 is 0 Å². The van der Waals surface area contributed by atoms with Gasteiger partial charge in [0.2, 0.25) is 0 Å². The lowest BCUT2D eigenvalue weighted by Gasteiger charge is -2.34. The molecule has 0 radical (unpaired) electrons. The highest BCUT2D eigenvalue weighted by Crippen LogP contribution is 2.18. The Kier molecular flexibility index (Phi) is 3.17. The smallest absolute Gasteiger partial charge is 0.185 e. The molecule has 2 rings (SSSR count). The van der Waals surface area contributed by atoms with Crippen molar-refractivity contribution in [1.82, 2.24) is 9.88 Å². The average Bonchev–Trinajstić information content (AvgIpc) is 2.71. The molecule has 0 amide bonds. The molecule has 1 fully saturated rings. The Hall–Kier alpha value is -1.14. The van der Waals surface area contributed by atoms with E-state index in [1.165, 1.54) is 0 Å². The third-order valence-electron chi connectivity index (χ3n) is 2.46. The van der Waals surface area contributed by atoms with Gasteiger partial charge in [-0.2, -0.15) is 0 Å². The Morgan fingerprint density at radius 3 is 2.73 bits per heavy atom. The molecule has 3 N–H and O–H groups in total. The molecular weight excluding hydrogens is 210 g/mol. The number of rotatable bonds is 3. The number of hydrogen-bond acceptors (Lipinski definition) is 5. The number of aromatic nitrogens is 1. The quantitative estimate of drug-likeness (QED) is 0.569. The first kappa shape index (κ1) is 10.4. The SMILES string of the molecule is N=C(N)CN1CCN(c2nccs2)CC1. The molecule has 82 valence electrons. The molecule has 15 heavy (non-hydrogen) atoms. The Morgan fingerprint density at radius 1 is 1.47 bits per heavy atom. The highest BCUT2D eigenvalue weighted by Gasteiger charge is 2.18. The van der Waals surface area contributed by atoms with Gasteiger partial charge >= 0.3 is 0 Å². The van der Waals surface area contributed by atoms with Crippen molar-refractivity contribution in [2.75, 3.05) is 37.6 Å². The van der Waals surface area contributed by atoms with Crippen LogP contribution < -0.4 is 10.6 Å². The van der Waals surface area contributed by atoms with Crippen molar-refractivity contribution in [2.24, 2.45) is 5.73 Å². The normalized spacial score (nSPS) is 18.0. The third-order valence-corrected chi connectivity index (χ3v) is 3.29. The molecule has 0 unspecified atom stereocenters. The van der Waals surface area contributed by atoms with Crippen molar-refractivity contribution in [2.45, 2.75) is 0 Å². The fourth-order valence-corrected chi connectivity index (χ4v) is 2.41. The van der Waals surface area contributed by atoms with Crippen LogP contribution in [0.15, 0.2) is 11.6 Å². The minimum atomic E-state index is 0.248. The molecule has 0 aromatic carbocycles. The van der Waals surface area contributed by atoms with Crippen LogP contribution >= 0.6 is 11.3 Å². The standard InChI is InChI=1S/C9H15N5S/c10-8(11)7-13-2-4-14(5-3-13)9-12-1-6-15-9/h1,6H,2-5,7H2,(H3,10,11). The van der Waals surface area contributed by atoms with Crippen molar-refractivity contribution < 1.29 is 0 Å². The average molecular weight is 225 g/mol. The lowest BCUT2D eigenvalue weighted by Crippen LogP contribution is -2.48. The van der Waals surface area contributed by atoms with Crippen LogP contribution in [-0.2, 0) is 0 Å². The lowest BCUT2D eigenvalue weighted by molar-refractivity contribution is 0.290. The molecule has 1 aromatic heterocycles. The third kappa shape index (κ3) is 2.66. The van der Waals surface area contributed by atoms with Crippen LogP contribution in [0.2, 0.25) is 0 Å². The number of hydrogen-bond donors (Lipinski definition) is 2. The van der Waals surface area contributed by atoms with Gasteiger partial charge in [-0.1, -0.05) is 0 Å². The summed E-state index contributed by atoms with van der Waals surface area (Å²) in [6.45, 7) is 4.45. The Labute approximate surface area is 93.0 Å². The van der Waals surface area contributed by atoms with Gasteiger partial charge in [-0.05, 0) is 0 Å². The zero-order valence-corrected chi connectivity index (χ0v) is 9.33. The van der Waals surface area contributed by atoms with E-state index in [1.807, 2.05) is 11.6 Å². The van der Waals surface area contributed by atoms with Gasteiger partial charge in [0.05, 0.1) is 6.54 Å². The van der Waals surface area contributed by atoms with Crippen LogP contribution in [0.5, 0.6) is 0 Å². The zero-order chi connectivity index (χ0) is 10.7. The number of nitrogens with zero attached hydrogens (tertiary/aromatic N) is 3. The van der Waals surface area contributed by atoms with Gasteiger partial charge in [0.25, 0.3) is 0 Å². The maximum absolute atomic E-state index is 7.23. The van der Waals surface area contributed by atoms with Crippen molar-refractivity contribution in [3.63, 3.8) is 0 Å². The second-order valence-corrected chi connectivity index (χ2v) is 4.48. The summed E-state index contributed by atoms with van der Waals surface area (Å²) >= 11 is 1.67. The molecule has 2 heterocycles. The maximum Gasteiger partial charge on any atom is 0.185 e. The van der Waals surface area contributed by atoms with E-state index in [2.05, 4.69) is 14.8 Å². The van der Waals surface area contributed by atoms with Crippen molar-refractivity contribution in [3.05, 3.63) is 11.6 Å². The van der Waals surface area contributed by atoms with E-state index in [-0.39, 0.29) is 5.84 Å². The van der Waals surface area contributed by atoms with E-state index in [0.717, 1.165) is 31.3 Å². The summed E-state index contributed by atoms with van der Waals surface area (Å²) in [5.74, 6) is 0.248. The number of anilines is 1. The van der Waals surface area contributed by atoms with Gasteiger partial charge in [0.15, 0.2) is 5.13 Å². The summed E-state index contributed by atoms with van der Waals surface area (Å²) in [5, 5.41) is 10.3. The van der Waals surface area contributed by atoms with Gasteiger partial charge < -0.3 is 10.6 Å². The van der Waals surface area contributed by atoms with Crippen molar-refractivity contribution >= 4 is 22.3 Å². The van der Waals surface area contributed by atoms with Gasteiger partial charge in [0.1, 0.15) is 5.84 Å². The van der Waals surface area contributed by atoms with E-state index in [9.17, 15) is 0 Å². The minimum absolute atomic E-state index is 0.248. The molecule has 0 bridgehead atoms. The highest BCUT2D eigenvalue weighted by molar-refractivity contribution is 7.13. The van der Waals surface area contributed by atoms with Crippen LogP contribution in [0, 0.1) is 5.41 Å². The van der Waals surface area contributed by atoms with Gasteiger partial charge in [-0.15, -0.1) is 11.3 Å². The first-order chi connectivity index (χ1) is 7.25. The first-order valence-corrected chi connectivity index (χ1v) is 5.83. The summed E-state index contributed by atoms with van der Waals surface area (Å²) in [5.41, 5.74) is 5.37. The number of amidine groups is 1. The monoisotopic (exact) mass is 225 g/mol. The minimum Gasteiger partial charge on any atom is -0.387 e. The number of piperazine rings is 1. The molecule has 0 aliphatic carbocycles. The summed E-state index contributed by atoms with van der Waals surface area (Å²) in [6, 6.07) is 0. The number of nitrogens with two attached hydrogens (primary N) is 1. The number of thiazole rings is 1. The van der Waals surface area contributed by atoms with Crippen LogP contribution in [-0.4, -0.2) is 48.4 Å². The van der Waals surface area contributed by atoms with Gasteiger partial charge in [-0.25, -0.2) is 4.98 Å². The predicted molar refractivity (Wildman–Crippen MR) is 62.7 cm³/mol. The van der Waals surface area contributed by atoms with E-state index >= 15 is 0 Å². The maximum atomic E-state index is 7.23. The van der Waals surface area contributed by atoms with Crippen LogP contribution in [0.4, 0.5) is 5.13 Å². The molecule has 0 spiro atoms. The molecule has 5 nitrogen and oxygen atoms in total. The Balaban J connectivity index is 1.84. The molecule has 1 aliphatic heterocycles. The molecule has 0 atom stereocenters. The molecule has 1 aromatic rings. The van der Waals surface area contributed by atoms with Gasteiger partial charge in [0, 0.05) is 37.8 Å². The lowest BCUT2D eigenvalue weighted by atomic mass is 10.3. The van der Waals surface area contributed by atoms with E-state index in [0.29, 0.717) is 6.54 Å². The van der Waals surface area contributed by atoms with Crippen LogP contribution in [0.25, 0.3) is 0 Å². The molecule has 1 saturated heterocycles. The van der Waals surface area contributed by atoms with Crippen LogP contribution in [0.3, 0.4) is 0 Å². The first-order valence-electron chi connectivity index (χ1n) is 4.95. The summed E-state index contributed by atoms with van der Waals surface area (Å²) in [6.07, 6.45) is 1.84. The molecule has 6 heteroatoms. The number of nitrogens with one attached hydrogen (secondary N) is 1. The molecule has 0 saturated carbocycles. The fourth-order valence-electron chi connectivity index (χ4n) is 1.71. The second-order valence-electron chi connectivity index (χ2n) is 3.60. The summed E-state index contributed by atoms with van der Waals surface area (Å²) in [7, 11) is 0. The summed E-state index contributed by atoms with van der Waals surface area (Å²) < 4.78 is 0. The summed E-state index contributed by atoms with van der Waals surface area (Å²) in [4.78, 5) is 8.76. The molecular formula is C9H15N5S. The second kappa shape index (κ2) is 4.59. The topological polar surface area (TPSA) is 69.2 Å². The van der Waals surface area contributed by atoms with Crippen molar-refractivity contribution in [3.8, 4) is 0 Å². The van der Waals surface area contributed by atoms with E-state index in [4.69, 9.17) is 11.1 Å². The van der Waals surface area contributed by atoms with Crippen LogP contribution in [0.1, 0.15) is 0 Å². The molecule has 1 aliphatic rings. The zero-order valence-electron chi connectivity index (χ0n) is 8.52. The highest BCUT2D eigenvalue weighted by atomic mass is 32.1. The van der Waals surface area contributed by atoms with E-state index in [1.54, 1.807) is 11.3 Å². The van der Waals surface area contributed by atoms with Crippen molar-refractivity contribution in [1.29, 1.82) is 5.41 Å². The largest absolute Gasteiger partial charge is 0.387 e. The Morgan fingerprint density at radius 2 is 2.20 bits per heavy atom. The van der Waals surface area contributed by atoms with Gasteiger partial charge in [-0.3, -0.25) is 10.3 Å². The fraction of sp³-hybridized carbons (Fsp3) is 0.556. The Bertz CT molecular complexity index is 315. The predicted octanol–water partition coefficient (Wildman–Crippen LogP) is 0.201.